The van der Waals surface area contributed by atoms with Crippen molar-refractivity contribution in [3.8, 4) is 11.5 Å². The van der Waals surface area contributed by atoms with Crippen LogP contribution in [0, 0.1) is 20.2 Å². The monoisotopic (exact) mass is 373 g/mol. The molecule has 1 aliphatic rings. The van der Waals surface area contributed by atoms with Crippen molar-refractivity contribution in [2.75, 3.05) is 18.0 Å². The molecule has 0 radical (unpaired) electrons. The molecule has 3 rings (SSSR count). The first-order valence-electron chi connectivity index (χ1n) is 8.10. The number of benzene rings is 2. The third kappa shape index (κ3) is 3.78. The largest absolute Gasteiger partial charge is 0.477 e. The van der Waals surface area contributed by atoms with Crippen LogP contribution in [0.1, 0.15) is 23.2 Å². The molecule has 1 saturated heterocycles. The van der Waals surface area contributed by atoms with Crippen LogP contribution in [0.5, 0.6) is 11.5 Å². The Kier molecular flexibility index (Phi) is 4.88. The first-order chi connectivity index (χ1) is 12.9. The van der Waals surface area contributed by atoms with Crippen LogP contribution < -0.4 is 9.64 Å². The van der Waals surface area contributed by atoms with Gasteiger partial charge in [-0.05, 0) is 25.0 Å². The van der Waals surface area contributed by atoms with Gasteiger partial charge in [-0.3, -0.25) is 20.2 Å². The lowest BCUT2D eigenvalue weighted by atomic mass is 10.1. The number of ether oxygens (including phenoxy) is 1. The summed E-state index contributed by atoms with van der Waals surface area (Å²) in [7, 11) is 0. The maximum absolute atomic E-state index is 11.3. The highest BCUT2D eigenvalue weighted by Crippen LogP contribution is 2.38. The number of nitrogens with zero attached hydrogens (tertiary/aromatic N) is 3. The molecule has 0 aromatic heterocycles. The van der Waals surface area contributed by atoms with Gasteiger partial charge in [0.25, 0.3) is 5.69 Å². The van der Waals surface area contributed by atoms with E-state index in [1.807, 2.05) is 6.07 Å². The van der Waals surface area contributed by atoms with Crippen molar-refractivity contribution < 1.29 is 24.5 Å². The number of carboxylic acids is 1. The molecule has 1 N–H and O–H groups in total. The molecule has 2 aromatic carbocycles. The average Bonchev–Trinajstić information content (AvgIpc) is 3.15. The molecule has 0 atom stereocenters. The predicted octanol–water partition coefficient (Wildman–Crippen LogP) is 3.59. The van der Waals surface area contributed by atoms with E-state index < -0.39 is 32.8 Å². The van der Waals surface area contributed by atoms with Gasteiger partial charge in [0, 0.05) is 30.9 Å². The standard InChI is InChI=1S/C17H15N3O7/c21-17(22)13-9-16(15(20(25)26)10-14(13)19(23)24)27-12-5-3-4-11(8-12)18-6-1-2-7-18/h3-5,8-10H,1-2,6-7H2,(H,21,22). The Labute approximate surface area is 152 Å². The molecular weight excluding hydrogens is 358 g/mol. The van der Waals surface area contributed by atoms with Crippen molar-refractivity contribution in [1.82, 2.24) is 0 Å². The van der Waals surface area contributed by atoms with Gasteiger partial charge in [0.1, 0.15) is 11.3 Å². The zero-order chi connectivity index (χ0) is 19.6. The average molecular weight is 373 g/mol. The summed E-state index contributed by atoms with van der Waals surface area (Å²) in [6.07, 6.45) is 2.14. The van der Waals surface area contributed by atoms with Crippen LogP contribution in [0.25, 0.3) is 0 Å². The molecule has 0 spiro atoms. The highest BCUT2D eigenvalue weighted by molar-refractivity contribution is 5.94. The maximum Gasteiger partial charge on any atom is 0.342 e. The first-order valence-corrected chi connectivity index (χ1v) is 8.10. The Hall–Kier alpha value is -3.69. The number of nitro groups is 2. The number of hydrogen-bond acceptors (Lipinski definition) is 7. The summed E-state index contributed by atoms with van der Waals surface area (Å²) >= 11 is 0. The Morgan fingerprint density at radius 1 is 1.04 bits per heavy atom. The van der Waals surface area contributed by atoms with Gasteiger partial charge in [0.2, 0.25) is 5.75 Å². The zero-order valence-electron chi connectivity index (χ0n) is 14.0. The smallest absolute Gasteiger partial charge is 0.342 e. The number of nitro benzene ring substituents is 2. The van der Waals surface area contributed by atoms with Gasteiger partial charge in [0.05, 0.1) is 15.9 Å². The normalized spacial score (nSPS) is 13.4. The highest BCUT2D eigenvalue weighted by Gasteiger charge is 2.29. The molecule has 0 amide bonds. The predicted molar refractivity (Wildman–Crippen MR) is 94.7 cm³/mol. The summed E-state index contributed by atoms with van der Waals surface area (Å²) in [5.41, 5.74) is -1.35. The molecule has 10 heteroatoms. The number of rotatable bonds is 6. The molecule has 27 heavy (non-hydrogen) atoms. The highest BCUT2D eigenvalue weighted by atomic mass is 16.6. The van der Waals surface area contributed by atoms with Crippen LogP contribution in [0.4, 0.5) is 17.1 Å². The van der Waals surface area contributed by atoms with E-state index >= 15 is 0 Å². The Morgan fingerprint density at radius 3 is 2.30 bits per heavy atom. The van der Waals surface area contributed by atoms with E-state index in [-0.39, 0.29) is 11.5 Å². The van der Waals surface area contributed by atoms with E-state index in [1.54, 1.807) is 18.2 Å². The van der Waals surface area contributed by atoms with Crippen molar-refractivity contribution in [3.05, 3.63) is 62.2 Å². The van der Waals surface area contributed by atoms with E-state index in [0.29, 0.717) is 6.07 Å². The number of anilines is 1. The van der Waals surface area contributed by atoms with Gasteiger partial charge >= 0.3 is 11.7 Å². The molecule has 1 heterocycles. The second-order valence-corrected chi connectivity index (χ2v) is 5.95. The van der Waals surface area contributed by atoms with Gasteiger partial charge in [-0.25, -0.2) is 4.79 Å². The van der Waals surface area contributed by atoms with Gasteiger partial charge in [-0.15, -0.1) is 0 Å². The molecular formula is C17H15N3O7. The third-order valence-electron chi connectivity index (χ3n) is 4.22. The lowest BCUT2D eigenvalue weighted by Gasteiger charge is -2.18. The van der Waals surface area contributed by atoms with E-state index in [2.05, 4.69) is 4.90 Å². The first kappa shape index (κ1) is 18.1. The number of aromatic carboxylic acids is 1. The number of carbonyl (C=O) groups is 1. The second kappa shape index (κ2) is 7.28. The summed E-state index contributed by atoms with van der Waals surface area (Å²) in [4.78, 5) is 33.9. The third-order valence-corrected chi connectivity index (χ3v) is 4.22. The second-order valence-electron chi connectivity index (χ2n) is 5.95. The number of hydrogen-bond donors (Lipinski definition) is 1. The fourth-order valence-corrected chi connectivity index (χ4v) is 2.95. The summed E-state index contributed by atoms with van der Waals surface area (Å²) in [5.74, 6) is -1.68. The van der Waals surface area contributed by atoms with Crippen LogP contribution in [0.15, 0.2) is 36.4 Å². The Morgan fingerprint density at radius 2 is 1.70 bits per heavy atom. The minimum Gasteiger partial charge on any atom is -0.477 e. The number of carboxylic acid groups (broad SMARTS) is 1. The maximum atomic E-state index is 11.3. The van der Waals surface area contributed by atoms with Crippen LogP contribution in [-0.4, -0.2) is 34.0 Å². The SMILES string of the molecule is O=C(O)c1cc(Oc2cccc(N3CCCC3)c2)c([N+](=O)[O-])cc1[N+](=O)[O-]. The lowest BCUT2D eigenvalue weighted by Crippen LogP contribution is -2.17. The van der Waals surface area contributed by atoms with Crippen molar-refractivity contribution in [3.63, 3.8) is 0 Å². The quantitative estimate of drug-likeness (QED) is 0.599. The van der Waals surface area contributed by atoms with E-state index in [0.717, 1.165) is 37.7 Å². The molecule has 140 valence electrons. The minimum atomic E-state index is -1.58. The fraction of sp³-hybridized carbons (Fsp3) is 0.235. The molecule has 10 nitrogen and oxygen atoms in total. The molecule has 0 aliphatic carbocycles. The van der Waals surface area contributed by atoms with E-state index in [1.165, 1.54) is 0 Å². The van der Waals surface area contributed by atoms with Gasteiger partial charge in [-0.2, -0.15) is 0 Å². The topological polar surface area (TPSA) is 136 Å². The summed E-state index contributed by atoms with van der Waals surface area (Å²) in [5, 5.41) is 31.5. The van der Waals surface area contributed by atoms with Crippen LogP contribution in [0.3, 0.4) is 0 Å². The fourth-order valence-electron chi connectivity index (χ4n) is 2.95. The zero-order valence-corrected chi connectivity index (χ0v) is 14.0. The molecule has 2 aromatic rings. The molecule has 0 bridgehead atoms. The Bertz CT molecular complexity index is 923. The summed E-state index contributed by atoms with van der Waals surface area (Å²) in [6.45, 7) is 1.79. The molecule has 1 fully saturated rings. The van der Waals surface area contributed by atoms with Crippen molar-refractivity contribution in [2.24, 2.45) is 0 Å². The van der Waals surface area contributed by atoms with Gasteiger partial charge in [0.15, 0.2) is 0 Å². The Balaban J connectivity index is 2.02. The van der Waals surface area contributed by atoms with Gasteiger partial charge < -0.3 is 14.7 Å². The van der Waals surface area contributed by atoms with E-state index in [4.69, 9.17) is 4.74 Å². The van der Waals surface area contributed by atoms with Crippen molar-refractivity contribution >= 4 is 23.0 Å². The summed E-state index contributed by atoms with van der Waals surface area (Å²) < 4.78 is 5.54. The van der Waals surface area contributed by atoms with Crippen molar-refractivity contribution in [1.29, 1.82) is 0 Å². The minimum absolute atomic E-state index is 0.271. The molecule has 0 saturated carbocycles. The summed E-state index contributed by atoms with van der Waals surface area (Å²) in [6, 6.07) is 8.27. The van der Waals surface area contributed by atoms with Crippen molar-refractivity contribution in [2.45, 2.75) is 12.8 Å². The van der Waals surface area contributed by atoms with E-state index in [9.17, 15) is 30.1 Å². The van der Waals surface area contributed by atoms with Crippen LogP contribution >= 0.6 is 0 Å². The van der Waals surface area contributed by atoms with Crippen LogP contribution in [-0.2, 0) is 0 Å². The van der Waals surface area contributed by atoms with Gasteiger partial charge in [-0.1, -0.05) is 6.07 Å². The lowest BCUT2D eigenvalue weighted by molar-refractivity contribution is -0.394. The molecule has 1 aliphatic heterocycles. The van der Waals surface area contributed by atoms with Crippen LogP contribution in [0.2, 0.25) is 0 Å². The molecule has 0 unspecified atom stereocenters.